The molecular formula is C32H39N7O2S. The summed E-state index contributed by atoms with van der Waals surface area (Å²) in [5.41, 5.74) is 4.25. The summed E-state index contributed by atoms with van der Waals surface area (Å²) in [5, 5.41) is 15.8. The first-order chi connectivity index (χ1) is 20.4. The van der Waals surface area contributed by atoms with Gasteiger partial charge in [0.25, 0.3) is 0 Å². The van der Waals surface area contributed by atoms with E-state index >= 15 is 0 Å². The van der Waals surface area contributed by atoms with Gasteiger partial charge in [0.2, 0.25) is 0 Å². The number of aromatic nitrogens is 3. The lowest BCUT2D eigenvalue weighted by Gasteiger charge is -2.39. The Hall–Kier alpha value is -3.29. The number of hydrogen-bond acceptors (Lipinski definition) is 9. The normalized spacial score (nSPS) is 28.8. The van der Waals surface area contributed by atoms with Crippen LogP contribution < -0.4 is 4.74 Å². The lowest BCUT2D eigenvalue weighted by molar-refractivity contribution is 0.0796. The molecule has 1 spiro atoms. The first-order valence-corrected chi connectivity index (χ1v) is 16.2. The number of thiophene rings is 1. The van der Waals surface area contributed by atoms with Gasteiger partial charge >= 0.3 is 6.01 Å². The fourth-order valence-electron chi connectivity index (χ4n) is 8.21. The summed E-state index contributed by atoms with van der Waals surface area (Å²) in [7, 11) is 3.88. The van der Waals surface area contributed by atoms with Gasteiger partial charge in [-0.25, -0.2) is 9.98 Å². The van der Waals surface area contributed by atoms with Crippen molar-refractivity contribution < 1.29 is 9.26 Å². The molecule has 4 aliphatic rings. The van der Waals surface area contributed by atoms with Crippen LogP contribution in [-0.2, 0) is 18.3 Å². The standard InChI is InChI=1S/C32H39N7O2S/c1-6-39-24(15-21-18(2)27(21)39)19(3)40-31-34-14-11-23(36-31)28-20-9-7-12-32(29(20)37-41-28)13-8-10-25-26(32)22(16-33)30(42-25)35-17-38(4)5/h11,14,17-19,21,24,27H,6-10,12-13,15H2,1-5H3/t18-,19-,21+,24-,27-,32-/m0/s1. The van der Waals surface area contributed by atoms with Crippen molar-refractivity contribution in [3.8, 4) is 23.5 Å². The maximum atomic E-state index is 10.3. The molecule has 3 aromatic rings. The molecule has 0 amide bonds. The van der Waals surface area contributed by atoms with Crippen LogP contribution in [0.4, 0.5) is 5.00 Å². The zero-order valence-electron chi connectivity index (χ0n) is 25.1. The molecule has 1 saturated carbocycles. The first-order valence-electron chi connectivity index (χ1n) is 15.4. The summed E-state index contributed by atoms with van der Waals surface area (Å²) >= 11 is 1.65. The number of ether oxygens (including phenoxy) is 1. The molecule has 7 rings (SSSR count). The van der Waals surface area contributed by atoms with Crippen molar-refractivity contribution in [2.75, 3.05) is 20.6 Å². The summed E-state index contributed by atoms with van der Waals surface area (Å²) < 4.78 is 12.5. The van der Waals surface area contributed by atoms with E-state index < -0.39 is 0 Å². The minimum Gasteiger partial charge on any atom is -0.459 e. The average Bonchev–Trinajstić information content (AvgIpc) is 3.39. The SMILES string of the molecule is CCN1[C@H]2[C@@H](C)[C@H]2C[C@H]1[C@H](C)Oc1nccc(-c2onc3c2CCC[C@@]32CCCc3sc(N=CN(C)C)c(C#N)c32)n1. The van der Waals surface area contributed by atoms with Crippen LogP contribution in [0.15, 0.2) is 21.8 Å². The zero-order chi connectivity index (χ0) is 29.2. The van der Waals surface area contributed by atoms with Gasteiger partial charge in [0.05, 0.1) is 17.6 Å². The lowest BCUT2D eigenvalue weighted by Crippen LogP contribution is -2.43. The molecule has 0 N–H and O–H groups in total. The predicted octanol–water partition coefficient (Wildman–Crippen LogP) is 5.74. The Kier molecular flexibility index (Phi) is 6.86. The molecule has 220 valence electrons. The van der Waals surface area contributed by atoms with Gasteiger partial charge in [-0.2, -0.15) is 10.2 Å². The second-order valence-corrected chi connectivity index (χ2v) is 13.8. The van der Waals surface area contributed by atoms with E-state index in [0.29, 0.717) is 35.1 Å². The maximum Gasteiger partial charge on any atom is 0.317 e. The number of aliphatic imine (C=N–C) groups is 1. The highest BCUT2D eigenvalue weighted by Crippen LogP contribution is 2.56. The van der Waals surface area contributed by atoms with Crippen LogP contribution in [0.3, 0.4) is 0 Å². The molecule has 3 aliphatic carbocycles. The minimum absolute atomic E-state index is 0.000106. The van der Waals surface area contributed by atoms with Gasteiger partial charge in [-0.1, -0.05) is 19.0 Å². The Morgan fingerprint density at radius 1 is 1.33 bits per heavy atom. The largest absolute Gasteiger partial charge is 0.459 e. The van der Waals surface area contributed by atoms with Gasteiger partial charge in [0.1, 0.15) is 22.9 Å². The summed E-state index contributed by atoms with van der Waals surface area (Å²) in [6.45, 7) is 7.79. The molecule has 6 atom stereocenters. The van der Waals surface area contributed by atoms with Gasteiger partial charge in [-0.3, -0.25) is 4.90 Å². The number of likely N-dealkylation sites (tertiary alicyclic amines) is 1. The molecule has 3 aromatic heterocycles. The van der Waals surface area contributed by atoms with E-state index in [4.69, 9.17) is 19.4 Å². The number of hydrogen-bond donors (Lipinski definition) is 0. The van der Waals surface area contributed by atoms with E-state index in [2.05, 4.69) is 41.7 Å². The number of likely N-dealkylation sites (N-methyl/N-ethyl adjacent to an activating group) is 1. The third kappa shape index (κ3) is 4.27. The van der Waals surface area contributed by atoms with Crippen molar-refractivity contribution in [1.82, 2.24) is 24.9 Å². The quantitative estimate of drug-likeness (QED) is 0.255. The van der Waals surface area contributed by atoms with Gasteiger partial charge in [-0.15, -0.1) is 11.3 Å². The number of rotatable bonds is 7. The van der Waals surface area contributed by atoms with E-state index in [1.165, 1.54) is 11.3 Å². The molecule has 0 aromatic carbocycles. The van der Waals surface area contributed by atoms with Crippen molar-refractivity contribution in [2.24, 2.45) is 16.8 Å². The van der Waals surface area contributed by atoms with Crippen LogP contribution in [0.5, 0.6) is 6.01 Å². The van der Waals surface area contributed by atoms with Gasteiger partial charge < -0.3 is 14.2 Å². The van der Waals surface area contributed by atoms with E-state index in [1.807, 2.05) is 25.1 Å². The Balaban J connectivity index is 1.20. The van der Waals surface area contributed by atoms with Crippen molar-refractivity contribution in [1.29, 1.82) is 5.26 Å². The number of nitrogens with zero attached hydrogens (tertiary/aromatic N) is 7. The molecule has 0 radical (unpaired) electrons. The summed E-state index contributed by atoms with van der Waals surface area (Å²) in [4.78, 5) is 19.7. The number of fused-ring (bicyclic) bond motifs is 5. The Morgan fingerprint density at radius 2 is 2.14 bits per heavy atom. The highest BCUT2D eigenvalue weighted by atomic mass is 32.1. The molecular weight excluding hydrogens is 546 g/mol. The molecule has 2 fully saturated rings. The highest BCUT2D eigenvalue weighted by Gasteiger charge is 2.59. The fourth-order valence-corrected chi connectivity index (χ4v) is 9.44. The van der Waals surface area contributed by atoms with Crippen molar-refractivity contribution in [3.63, 3.8) is 0 Å². The molecule has 0 unspecified atom stereocenters. The maximum absolute atomic E-state index is 10.3. The smallest absolute Gasteiger partial charge is 0.317 e. The van der Waals surface area contributed by atoms with Crippen LogP contribution in [0, 0.1) is 23.2 Å². The summed E-state index contributed by atoms with van der Waals surface area (Å²) in [6, 6.07) is 5.87. The molecule has 4 heterocycles. The topological polar surface area (TPSA) is 104 Å². The van der Waals surface area contributed by atoms with Gasteiger partial charge in [-0.05, 0) is 81.9 Å². The predicted molar refractivity (Wildman–Crippen MR) is 162 cm³/mol. The van der Waals surface area contributed by atoms with E-state index in [9.17, 15) is 5.26 Å². The van der Waals surface area contributed by atoms with E-state index in [0.717, 1.165) is 78.7 Å². The monoisotopic (exact) mass is 585 g/mol. The van der Waals surface area contributed by atoms with Crippen LogP contribution in [0.2, 0.25) is 0 Å². The van der Waals surface area contributed by atoms with Crippen LogP contribution in [0.1, 0.15) is 80.1 Å². The molecule has 1 saturated heterocycles. The van der Waals surface area contributed by atoms with Crippen molar-refractivity contribution >= 4 is 22.7 Å². The number of aryl methyl sites for hydroxylation is 1. The average molecular weight is 586 g/mol. The van der Waals surface area contributed by atoms with Gasteiger partial charge in [0.15, 0.2) is 5.76 Å². The Morgan fingerprint density at radius 3 is 2.90 bits per heavy atom. The first kappa shape index (κ1) is 27.5. The summed E-state index contributed by atoms with van der Waals surface area (Å²) in [6.07, 6.45) is 10.5. The highest BCUT2D eigenvalue weighted by molar-refractivity contribution is 7.16. The summed E-state index contributed by atoms with van der Waals surface area (Å²) in [5.74, 6) is 2.29. The van der Waals surface area contributed by atoms with Gasteiger partial charge in [0, 0.05) is 48.2 Å². The van der Waals surface area contributed by atoms with Crippen LogP contribution in [-0.4, -0.2) is 70.1 Å². The third-order valence-electron chi connectivity index (χ3n) is 10.1. The Labute approximate surface area is 251 Å². The fraction of sp³-hybridized carbons (Fsp3) is 0.594. The van der Waals surface area contributed by atoms with Crippen molar-refractivity contribution in [2.45, 2.75) is 89.3 Å². The lowest BCUT2D eigenvalue weighted by atomic mass is 9.62. The molecule has 0 bridgehead atoms. The molecule has 10 heteroatoms. The second-order valence-electron chi connectivity index (χ2n) is 12.7. The molecule has 9 nitrogen and oxygen atoms in total. The van der Waals surface area contributed by atoms with Crippen molar-refractivity contribution in [3.05, 3.63) is 39.5 Å². The zero-order valence-corrected chi connectivity index (χ0v) is 25.9. The van der Waals surface area contributed by atoms with E-state index in [-0.39, 0.29) is 11.5 Å². The molecule has 42 heavy (non-hydrogen) atoms. The second kappa shape index (κ2) is 10.5. The van der Waals surface area contributed by atoms with E-state index in [1.54, 1.807) is 23.9 Å². The third-order valence-corrected chi connectivity index (χ3v) is 11.3. The molecule has 1 aliphatic heterocycles. The minimum atomic E-state index is -0.332. The Bertz CT molecular complexity index is 1570. The van der Waals surface area contributed by atoms with Crippen LogP contribution in [0.25, 0.3) is 11.5 Å². The number of piperidine rings is 1. The number of nitriles is 1. The van der Waals surface area contributed by atoms with Crippen LogP contribution >= 0.6 is 11.3 Å².